The Morgan fingerprint density at radius 1 is 1.17 bits per heavy atom. The van der Waals surface area contributed by atoms with Crippen LogP contribution in [0.2, 0.25) is 0 Å². The van der Waals surface area contributed by atoms with E-state index in [0.29, 0.717) is 0 Å². The highest BCUT2D eigenvalue weighted by molar-refractivity contribution is 5.38. The molecule has 0 saturated carbocycles. The quantitative estimate of drug-likeness (QED) is 0.696. The van der Waals surface area contributed by atoms with Gasteiger partial charge in [0.15, 0.2) is 0 Å². The summed E-state index contributed by atoms with van der Waals surface area (Å²) in [5.74, 6) is 1.02. The molecule has 4 nitrogen and oxygen atoms in total. The van der Waals surface area contributed by atoms with Crippen molar-refractivity contribution >= 4 is 0 Å². The Labute approximate surface area is 139 Å². The van der Waals surface area contributed by atoms with Gasteiger partial charge in [-0.25, -0.2) is 0 Å². The van der Waals surface area contributed by atoms with E-state index >= 15 is 0 Å². The molecule has 0 radical (unpaired) electrons. The van der Waals surface area contributed by atoms with Gasteiger partial charge in [-0.05, 0) is 50.0 Å². The summed E-state index contributed by atoms with van der Waals surface area (Å²) < 4.78 is 8.02. The minimum absolute atomic E-state index is 0.762. The molecule has 1 aliphatic heterocycles. The first-order valence-electron chi connectivity index (χ1n) is 8.79. The normalized spacial score (nSPS) is 15.2. The summed E-state index contributed by atoms with van der Waals surface area (Å²) in [4.78, 5) is 2.53. The number of unbranched alkanes of at least 4 members (excludes halogenated alkanes) is 1. The van der Waals surface area contributed by atoms with Crippen molar-refractivity contribution in [2.75, 3.05) is 19.7 Å². The van der Waals surface area contributed by atoms with Crippen LogP contribution in [-0.2, 0) is 13.1 Å². The Bertz CT molecular complexity index is 589. The second kappa shape index (κ2) is 8.16. The Hall–Kier alpha value is -1.81. The number of ether oxygens (including phenoxy) is 1. The smallest absolute Gasteiger partial charge is 0.124 e. The maximum absolute atomic E-state index is 6.07. The second-order valence-corrected chi connectivity index (χ2v) is 6.33. The summed E-state index contributed by atoms with van der Waals surface area (Å²) in [6, 6.07) is 8.63. The first kappa shape index (κ1) is 16.1. The zero-order valence-electron chi connectivity index (χ0n) is 14.1. The van der Waals surface area contributed by atoms with Crippen LogP contribution in [0.3, 0.4) is 0 Å². The molecule has 0 unspecified atom stereocenters. The molecule has 0 spiro atoms. The van der Waals surface area contributed by atoms with Crippen molar-refractivity contribution in [1.82, 2.24) is 14.7 Å². The van der Waals surface area contributed by atoms with E-state index in [1.807, 2.05) is 23.1 Å². The van der Waals surface area contributed by atoms with Crippen LogP contribution < -0.4 is 4.74 Å². The first-order valence-corrected chi connectivity index (χ1v) is 8.79. The van der Waals surface area contributed by atoms with E-state index in [1.54, 1.807) is 0 Å². The molecule has 23 heavy (non-hydrogen) atoms. The molecular weight excluding hydrogens is 286 g/mol. The molecule has 0 aliphatic carbocycles. The Balaban J connectivity index is 1.73. The number of aromatic nitrogens is 2. The van der Waals surface area contributed by atoms with Crippen LogP contribution in [0, 0.1) is 0 Å². The molecule has 1 aromatic heterocycles. The van der Waals surface area contributed by atoms with Gasteiger partial charge in [-0.15, -0.1) is 0 Å². The first-order chi connectivity index (χ1) is 11.3. The van der Waals surface area contributed by atoms with E-state index in [9.17, 15) is 0 Å². The van der Waals surface area contributed by atoms with Crippen LogP contribution in [0.15, 0.2) is 36.7 Å². The molecule has 0 N–H and O–H groups in total. The highest BCUT2D eigenvalue weighted by Crippen LogP contribution is 2.24. The van der Waals surface area contributed by atoms with Gasteiger partial charge in [0.25, 0.3) is 0 Å². The zero-order chi connectivity index (χ0) is 15.9. The molecule has 1 aliphatic rings. The lowest BCUT2D eigenvalue weighted by molar-refractivity contribution is 0.302. The summed E-state index contributed by atoms with van der Waals surface area (Å²) in [5, 5.41) is 4.31. The monoisotopic (exact) mass is 313 g/mol. The van der Waals surface area contributed by atoms with Crippen LogP contribution in [0.1, 0.15) is 43.7 Å². The lowest BCUT2D eigenvalue weighted by Crippen LogP contribution is -2.18. The number of hydrogen-bond acceptors (Lipinski definition) is 3. The van der Waals surface area contributed by atoms with Crippen molar-refractivity contribution in [3.05, 3.63) is 47.8 Å². The summed E-state index contributed by atoms with van der Waals surface area (Å²) >= 11 is 0. The topological polar surface area (TPSA) is 30.3 Å². The number of hydrogen-bond donors (Lipinski definition) is 0. The summed E-state index contributed by atoms with van der Waals surface area (Å²) in [6.45, 7) is 7.22. The van der Waals surface area contributed by atoms with Gasteiger partial charge < -0.3 is 4.74 Å². The lowest BCUT2D eigenvalue weighted by atomic mass is 10.1. The molecule has 2 aromatic rings. The third kappa shape index (κ3) is 4.58. The van der Waals surface area contributed by atoms with Crippen molar-refractivity contribution < 1.29 is 4.74 Å². The maximum atomic E-state index is 6.07. The van der Waals surface area contributed by atoms with E-state index < -0.39 is 0 Å². The van der Waals surface area contributed by atoms with Gasteiger partial charge in [-0.3, -0.25) is 9.58 Å². The van der Waals surface area contributed by atoms with E-state index in [-0.39, 0.29) is 0 Å². The fraction of sp³-hybridized carbons (Fsp3) is 0.526. The second-order valence-electron chi connectivity index (χ2n) is 6.33. The van der Waals surface area contributed by atoms with Gasteiger partial charge >= 0.3 is 0 Å². The molecule has 124 valence electrons. The molecule has 1 saturated heterocycles. The van der Waals surface area contributed by atoms with Gasteiger partial charge in [-0.1, -0.05) is 25.5 Å². The van der Waals surface area contributed by atoms with Crippen LogP contribution in [-0.4, -0.2) is 34.4 Å². The third-order valence-electron chi connectivity index (χ3n) is 4.38. The van der Waals surface area contributed by atoms with Gasteiger partial charge in [0.1, 0.15) is 5.75 Å². The molecule has 1 aromatic carbocycles. The van der Waals surface area contributed by atoms with Crippen LogP contribution in [0.4, 0.5) is 0 Å². The van der Waals surface area contributed by atoms with E-state index in [0.717, 1.165) is 38.3 Å². The largest absolute Gasteiger partial charge is 0.493 e. The van der Waals surface area contributed by atoms with Gasteiger partial charge in [0, 0.05) is 24.5 Å². The van der Waals surface area contributed by atoms with Crippen molar-refractivity contribution in [1.29, 1.82) is 0 Å². The van der Waals surface area contributed by atoms with Gasteiger partial charge in [-0.2, -0.15) is 5.10 Å². The molecule has 4 heteroatoms. The van der Waals surface area contributed by atoms with E-state index in [4.69, 9.17) is 4.74 Å². The average molecular weight is 313 g/mol. The number of nitrogens with zero attached hydrogens (tertiary/aromatic N) is 3. The number of benzene rings is 1. The van der Waals surface area contributed by atoms with Crippen LogP contribution in [0.5, 0.6) is 5.75 Å². The summed E-state index contributed by atoms with van der Waals surface area (Å²) in [7, 11) is 0. The Morgan fingerprint density at radius 2 is 2.04 bits per heavy atom. The molecular formula is C19H27N3O. The molecule has 1 fully saturated rings. The predicted octanol–water partition coefficient (Wildman–Crippen LogP) is 3.71. The molecule has 2 heterocycles. The van der Waals surface area contributed by atoms with Gasteiger partial charge in [0.05, 0.1) is 13.2 Å². The molecule has 3 rings (SSSR count). The average Bonchev–Trinajstić information content (AvgIpc) is 3.24. The fourth-order valence-electron chi connectivity index (χ4n) is 3.06. The minimum Gasteiger partial charge on any atom is -0.493 e. The lowest BCUT2D eigenvalue weighted by Gasteiger charge is -2.17. The third-order valence-corrected chi connectivity index (χ3v) is 4.38. The standard InChI is InChI=1S/C19H27N3O/c1-2-3-13-23-19-14-17(15-21-10-4-5-11-21)7-8-18(19)16-22-12-6-9-20-22/h6-9,12,14H,2-5,10-11,13,15-16H2,1H3. The highest BCUT2D eigenvalue weighted by atomic mass is 16.5. The molecule has 0 bridgehead atoms. The highest BCUT2D eigenvalue weighted by Gasteiger charge is 2.13. The molecule has 0 amide bonds. The van der Waals surface area contributed by atoms with Crippen LogP contribution in [0.25, 0.3) is 0 Å². The Morgan fingerprint density at radius 3 is 2.78 bits per heavy atom. The molecule has 0 atom stereocenters. The number of likely N-dealkylation sites (tertiary alicyclic amines) is 1. The SMILES string of the molecule is CCCCOc1cc(CN2CCCC2)ccc1Cn1cccn1. The Kier molecular flexibility index (Phi) is 5.70. The fourth-order valence-corrected chi connectivity index (χ4v) is 3.06. The summed E-state index contributed by atoms with van der Waals surface area (Å²) in [5.41, 5.74) is 2.55. The van der Waals surface area contributed by atoms with Crippen molar-refractivity contribution in [2.24, 2.45) is 0 Å². The predicted molar refractivity (Wildman–Crippen MR) is 92.7 cm³/mol. The zero-order valence-corrected chi connectivity index (χ0v) is 14.1. The van der Waals surface area contributed by atoms with Crippen molar-refractivity contribution in [2.45, 2.75) is 45.7 Å². The van der Waals surface area contributed by atoms with E-state index in [2.05, 4.69) is 35.1 Å². The van der Waals surface area contributed by atoms with Crippen LogP contribution >= 0.6 is 0 Å². The maximum Gasteiger partial charge on any atom is 0.124 e. The van der Waals surface area contributed by atoms with Crippen molar-refractivity contribution in [3.63, 3.8) is 0 Å². The number of rotatable bonds is 8. The van der Waals surface area contributed by atoms with Gasteiger partial charge in [0.2, 0.25) is 0 Å². The summed E-state index contributed by atoms with van der Waals surface area (Å²) in [6.07, 6.45) is 8.72. The van der Waals surface area contributed by atoms with Crippen molar-refractivity contribution in [3.8, 4) is 5.75 Å². The van der Waals surface area contributed by atoms with E-state index in [1.165, 1.54) is 37.1 Å². The minimum atomic E-state index is 0.762.